The molecule has 0 aromatic heterocycles. The van der Waals surface area contributed by atoms with Gasteiger partial charge in [0.05, 0.1) is 19.6 Å². The maximum absolute atomic E-state index is 13.8. The van der Waals surface area contributed by atoms with Crippen LogP contribution in [0.2, 0.25) is 0 Å². The molecule has 6 rings (SSSR count). The molecule has 1 aliphatic heterocycles. The van der Waals surface area contributed by atoms with E-state index in [0.29, 0.717) is 23.7 Å². The van der Waals surface area contributed by atoms with Crippen LogP contribution in [0.25, 0.3) is 0 Å². The Labute approximate surface area is 184 Å². The minimum Gasteiger partial charge on any atom is -0.493 e. The van der Waals surface area contributed by atoms with Gasteiger partial charge in [-0.1, -0.05) is 0 Å². The summed E-state index contributed by atoms with van der Waals surface area (Å²) in [5.41, 5.74) is 1.41. The van der Waals surface area contributed by atoms with Crippen LogP contribution in [0.1, 0.15) is 56.9 Å². The molecule has 4 aliphatic carbocycles. The van der Waals surface area contributed by atoms with Crippen LogP contribution in [0.15, 0.2) is 12.1 Å². The summed E-state index contributed by atoms with van der Waals surface area (Å²) in [7, 11) is 3.18. The Bertz CT molecular complexity index is 860. The van der Waals surface area contributed by atoms with Gasteiger partial charge in [-0.25, -0.2) is 0 Å². The third-order valence-corrected chi connectivity index (χ3v) is 8.30. The molecule has 1 N–H and O–H groups in total. The van der Waals surface area contributed by atoms with Crippen molar-refractivity contribution >= 4 is 17.5 Å². The van der Waals surface area contributed by atoms with Crippen molar-refractivity contribution < 1.29 is 19.1 Å². The summed E-state index contributed by atoms with van der Waals surface area (Å²) in [5.74, 6) is 3.55. The van der Waals surface area contributed by atoms with Crippen molar-refractivity contribution in [1.82, 2.24) is 4.90 Å². The van der Waals surface area contributed by atoms with E-state index in [0.717, 1.165) is 55.4 Å². The molecule has 31 heavy (non-hydrogen) atoms. The van der Waals surface area contributed by atoms with Crippen molar-refractivity contribution in [3.05, 3.63) is 17.7 Å². The van der Waals surface area contributed by atoms with Crippen LogP contribution in [-0.2, 0) is 9.59 Å². The number of nitrogens with zero attached hydrogens (tertiary/aromatic N) is 1. The zero-order valence-electron chi connectivity index (χ0n) is 18.9. The number of amides is 2. The van der Waals surface area contributed by atoms with Crippen molar-refractivity contribution in [3.8, 4) is 11.5 Å². The minimum atomic E-state index is -0.381. The van der Waals surface area contributed by atoms with E-state index in [1.807, 2.05) is 17.9 Å². The molecule has 4 bridgehead atoms. The SMILES string of the molecule is COc1cc(C)c(NC(=O)[C@H]2CCCN2C(=O)C23CC4CC(CC(C4)C2)C3)cc1OC. The lowest BCUT2D eigenvalue weighted by molar-refractivity contribution is -0.160. The first-order chi connectivity index (χ1) is 14.9. The third-order valence-electron chi connectivity index (χ3n) is 8.30. The van der Waals surface area contributed by atoms with Crippen LogP contribution >= 0.6 is 0 Å². The normalized spacial score (nSPS) is 33.5. The Kier molecular flexibility index (Phi) is 5.14. The Morgan fingerprint density at radius 2 is 1.58 bits per heavy atom. The number of aryl methyl sites for hydroxylation is 1. The van der Waals surface area contributed by atoms with E-state index < -0.39 is 0 Å². The van der Waals surface area contributed by atoms with E-state index in [9.17, 15) is 9.59 Å². The van der Waals surface area contributed by atoms with Gasteiger partial charge in [0.2, 0.25) is 11.8 Å². The van der Waals surface area contributed by atoms with Crippen molar-refractivity contribution in [2.24, 2.45) is 23.2 Å². The van der Waals surface area contributed by atoms with Gasteiger partial charge in [-0.3, -0.25) is 9.59 Å². The lowest BCUT2D eigenvalue weighted by Crippen LogP contribution is -2.56. The topological polar surface area (TPSA) is 67.9 Å². The average Bonchev–Trinajstić information content (AvgIpc) is 3.23. The van der Waals surface area contributed by atoms with Crippen LogP contribution in [0.3, 0.4) is 0 Å². The molecule has 1 saturated heterocycles. The fourth-order valence-electron chi connectivity index (χ4n) is 7.29. The Morgan fingerprint density at radius 3 is 2.16 bits per heavy atom. The molecule has 4 saturated carbocycles. The molecule has 1 heterocycles. The average molecular weight is 427 g/mol. The van der Waals surface area contributed by atoms with Gasteiger partial charge in [-0.15, -0.1) is 0 Å². The molecule has 2 amide bonds. The van der Waals surface area contributed by atoms with Gasteiger partial charge in [0.1, 0.15) is 6.04 Å². The highest BCUT2D eigenvalue weighted by Gasteiger charge is 2.56. The van der Waals surface area contributed by atoms with E-state index in [-0.39, 0.29) is 23.3 Å². The van der Waals surface area contributed by atoms with Crippen molar-refractivity contribution in [1.29, 1.82) is 0 Å². The van der Waals surface area contributed by atoms with E-state index in [1.165, 1.54) is 19.3 Å². The lowest BCUT2D eigenvalue weighted by Gasteiger charge is -2.56. The molecule has 1 aromatic carbocycles. The van der Waals surface area contributed by atoms with Crippen LogP contribution < -0.4 is 14.8 Å². The molecular weight excluding hydrogens is 392 g/mol. The molecule has 6 nitrogen and oxygen atoms in total. The standard InChI is InChI=1S/C25H34N2O4/c1-15-7-21(30-2)22(31-3)11-19(15)26-23(28)20-5-4-6-27(20)24(29)25-12-16-8-17(13-25)10-18(9-16)14-25/h7,11,16-18,20H,4-6,8-10,12-14H2,1-3H3,(H,26,28)/t16?,17?,18?,20-,25?/m1/s1. The number of methoxy groups -OCH3 is 2. The fraction of sp³-hybridized carbons (Fsp3) is 0.680. The van der Waals surface area contributed by atoms with Crippen LogP contribution in [0.5, 0.6) is 11.5 Å². The van der Waals surface area contributed by atoms with Crippen molar-refractivity contribution in [2.45, 2.75) is 64.3 Å². The highest BCUT2D eigenvalue weighted by atomic mass is 16.5. The summed E-state index contributed by atoms with van der Waals surface area (Å²) in [6.07, 6.45) is 8.68. The highest BCUT2D eigenvalue weighted by molar-refractivity contribution is 5.99. The van der Waals surface area contributed by atoms with Gasteiger partial charge in [0, 0.05) is 18.3 Å². The number of rotatable bonds is 5. The molecule has 6 heteroatoms. The predicted molar refractivity (Wildman–Crippen MR) is 118 cm³/mol. The van der Waals surface area contributed by atoms with Crippen molar-refractivity contribution in [3.63, 3.8) is 0 Å². The van der Waals surface area contributed by atoms with Gasteiger partial charge in [-0.2, -0.15) is 0 Å². The van der Waals surface area contributed by atoms with Gasteiger partial charge in [0.25, 0.3) is 0 Å². The van der Waals surface area contributed by atoms with E-state index >= 15 is 0 Å². The molecule has 0 spiro atoms. The number of nitrogens with one attached hydrogen (secondary N) is 1. The molecule has 1 atom stereocenters. The van der Waals surface area contributed by atoms with Crippen LogP contribution in [0.4, 0.5) is 5.69 Å². The van der Waals surface area contributed by atoms with Gasteiger partial charge in [0.15, 0.2) is 11.5 Å². The number of benzene rings is 1. The highest BCUT2D eigenvalue weighted by Crippen LogP contribution is 2.60. The van der Waals surface area contributed by atoms with Crippen molar-refractivity contribution in [2.75, 3.05) is 26.1 Å². The number of likely N-dealkylation sites (tertiary alicyclic amines) is 1. The summed E-state index contributed by atoms with van der Waals surface area (Å²) in [6, 6.07) is 3.28. The molecule has 5 aliphatic rings. The number of ether oxygens (including phenoxy) is 2. The number of carbonyl (C=O) groups is 2. The summed E-state index contributed by atoms with van der Waals surface area (Å²) >= 11 is 0. The second-order valence-corrected chi connectivity index (χ2v) is 10.4. The Hall–Kier alpha value is -2.24. The molecule has 1 aromatic rings. The number of hydrogen-bond donors (Lipinski definition) is 1. The summed E-state index contributed by atoms with van der Waals surface area (Å²) < 4.78 is 10.7. The maximum atomic E-state index is 13.8. The molecule has 0 radical (unpaired) electrons. The zero-order valence-corrected chi connectivity index (χ0v) is 18.9. The van der Waals surface area contributed by atoms with Crippen LogP contribution in [-0.4, -0.2) is 43.5 Å². The Morgan fingerprint density at radius 1 is 1.00 bits per heavy atom. The number of hydrogen-bond acceptors (Lipinski definition) is 4. The van der Waals surface area contributed by atoms with Gasteiger partial charge >= 0.3 is 0 Å². The molecular formula is C25H34N2O4. The summed E-state index contributed by atoms with van der Waals surface area (Å²) in [5, 5.41) is 3.07. The first-order valence-electron chi connectivity index (χ1n) is 11.8. The summed E-state index contributed by atoms with van der Waals surface area (Å²) in [6.45, 7) is 2.63. The first kappa shape index (κ1) is 20.7. The largest absolute Gasteiger partial charge is 0.493 e. The van der Waals surface area contributed by atoms with E-state index in [2.05, 4.69) is 5.32 Å². The third kappa shape index (κ3) is 3.48. The second-order valence-electron chi connectivity index (χ2n) is 10.4. The second kappa shape index (κ2) is 7.72. The van der Waals surface area contributed by atoms with Gasteiger partial charge in [-0.05, 0) is 87.7 Å². The molecule has 0 unspecified atom stereocenters. The lowest BCUT2D eigenvalue weighted by atomic mass is 9.49. The smallest absolute Gasteiger partial charge is 0.247 e. The number of carbonyl (C=O) groups excluding carboxylic acids is 2. The number of anilines is 1. The molecule has 168 valence electrons. The fourth-order valence-corrected chi connectivity index (χ4v) is 7.29. The minimum absolute atomic E-state index is 0.0918. The van der Waals surface area contributed by atoms with Gasteiger partial charge < -0.3 is 19.7 Å². The zero-order chi connectivity index (χ0) is 21.8. The first-order valence-corrected chi connectivity index (χ1v) is 11.8. The quantitative estimate of drug-likeness (QED) is 0.768. The molecule has 5 fully saturated rings. The van der Waals surface area contributed by atoms with E-state index in [1.54, 1.807) is 20.3 Å². The predicted octanol–water partition coefficient (Wildman–Crippen LogP) is 4.16. The monoisotopic (exact) mass is 426 g/mol. The van der Waals surface area contributed by atoms with E-state index in [4.69, 9.17) is 9.47 Å². The Balaban J connectivity index is 1.34. The van der Waals surface area contributed by atoms with Crippen LogP contribution in [0, 0.1) is 30.1 Å². The summed E-state index contributed by atoms with van der Waals surface area (Å²) in [4.78, 5) is 29.0. The maximum Gasteiger partial charge on any atom is 0.247 e.